The normalized spacial score (nSPS) is 40.0. The quantitative estimate of drug-likeness (QED) is 0.108. The summed E-state index contributed by atoms with van der Waals surface area (Å²) >= 11 is 0. The number of cyclic esters (lactones) is 3. The monoisotopic (exact) mass is 1250 g/mol. The van der Waals surface area contributed by atoms with E-state index >= 15 is 0 Å². The van der Waals surface area contributed by atoms with E-state index in [1.807, 2.05) is 0 Å². The molecule has 10 aliphatic carbocycles. The molecule has 0 aromatic heterocycles. The summed E-state index contributed by atoms with van der Waals surface area (Å²) in [7, 11) is 0. The van der Waals surface area contributed by atoms with Gasteiger partial charge in [0.2, 0.25) is 18.3 Å². The first-order valence-corrected chi connectivity index (χ1v) is 31.4. The maximum absolute atomic E-state index is 12.4. The summed E-state index contributed by atoms with van der Waals surface area (Å²) in [6.45, 7) is 17.7. The first-order chi connectivity index (χ1) is 43.1. The summed E-state index contributed by atoms with van der Waals surface area (Å²) in [6, 6.07) is 0. The minimum Gasteiger partial charge on any atom is -0.463 e. The van der Waals surface area contributed by atoms with Gasteiger partial charge in [-0.15, -0.1) is 0 Å². The first-order valence-electron chi connectivity index (χ1n) is 31.4. The van der Waals surface area contributed by atoms with Gasteiger partial charge in [-0.05, 0) is 102 Å². The van der Waals surface area contributed by atoms with Crippen molar-refractivity contribution < 1.29 is 114 Å². The zero-order valence-electron chi connectivity index (χ0n) is 50.3. The van der Waals surface area contributed by atoms with Crippen LogP contribution >= 0.6 is 0 Å². The Hall–Kier alpha value is -7.92. The molecule has 24 atom stereocenters. The molecule has 24 heteroatoms. The lowest BCUT2D eigenvalue weighted by molar-refractivity contribution is -0.166. The maximum atomic E-state index is 12.4. The van der Waals surface area contributed by atoms with Crippen molar-refractivity contribution in [2.24, 2.45) is 88.8 Å². The third kappa shape index (κ3) is 13.0. The van der Waals surface area contributed by atoms with Crippen LogP contribution in [0.15, 0.2) is 73.9 Å². The van der Waals surface area contributed by atoms with Crippen LogP contribution < -0.4 is 0 Å². The van der Waals surface area contributed by atoms with Crippen LogP contribution in [0.5, 0.6) is 0 Å². The molecule has 90 heavy (non-hydrogen) atoms. The standard InChI is InChI=1S/C16H18O4.2C12H14O4.C11H12O4.C8H10O4.C7H8O4/c17-15(10-4-7-1-2-8(10)3-7)19-13-9-5-11-12(6-9)16(18)20-14(11)13;1-5(2)11(13)15-9-6-3-7-8(4-6)12(14)16-10(7)9;13-11(16-10-3-4-15-12(10)14)9-6-7-1-2-8(9)5-7;1-2-8(12)14-9-5-3-6-7(4-5)11(13)15-10(6)9;1-5(2)7(9)12-6-3-4-11-8(6)10;1-2-6(8)11-5-3-4-10-7(5)9/h1-2,7-14H,3-6H2;6-10H,1,3-4H2,2H3;1-2,7-10H,3-6H2;2,5-7,9-10H,1,3-4H2;6H,1,3-4H2,2H3;2,5H,1,3-4H2. The van der Waals surface area contributed by atoms with Gasteiger partial charge in [-0.3, -0.25) is 24.0 Å². The number of hydrogen-bond donors (Lipinski definition) is 0. The lowest BCUT2D eigenvalue weighted by Crippen LogP contribution is -2.38. The summed E-state index contributed by atoms with van der Waals surface area (Å²) < 4.78 is 60.9. The molecule has 0 radical (unpaired) electrons. The number of allylic oxidation sites excluding steroid dienone is 4. The molecule has 16 aliphatic rings. The molecular weight excluding hydrogens is 1180 g/mol. The fourth-order valence-electron chi connectivity index (χ4n) is 16.3. The first kappa shape index (κ1) is 63.6. The Labute approximate surface area is 519 Å². The van der Waals surface area contributed by atoms with E-state index in [0.29, 0.717) is 92.0 Å². The molecule has 6 aliphatic heterocycles. The van der Waals surface area contributed by atoms with E-state index in [1.165, 1.54) is 6.92 Å². The molecule has 0 amide bonds. The average molecular weight is 1250 g/mol. The molecule has 24 unspecified atom stereocenters. The minimum atomic E-state index is -0.728. The molecule has 10 bridgehead atoms. The van der Waals surface area contributed by atoms with Crippen molar-refractivity contribution in [2.75, 3.05) is 19.8 Å². The molecule has 14 fully saturated rings. The van der Waals surface area contributed by atoms with Gasteiger partial charge in [0.1, 0.15) is 36.6 Å². The fourth-order valence-corrected chi connectivity index (χ4v) is 16.3. The average Bonchev–Trinajstić information content (AvgIpc) is 1.59. The van der Waals surface area contributed by atoms with Gasteiger partial charge >= 0.3 is 71.6 Å². The van der Waals surface area contributed by atoms with Crippen LogP contribution in [0.2, 0.25) is 0 Å². The largest absolute Gasteiger partial charge is 0.463 e. The van der Waals surface area contributed by atoms with E-state index in [4.69, 9.17) is 42.6 Å². The second-order valence-corrected chi connectivity index (χ2v) is 26.2. The van der Waals surface area contributed by atoms with Crippen molar-refractivity contribution in [3.63, 3.8) is 0 Å². The molecule has 0 spiro atoms. The number of rotatable bonds is 12. The van der Waals surface area contributed by atoms with Crippen molar-refractivity contribution in [1.29, 1.82) is 0 Å². The van der Waals surface area contributed by atoms with Crippen LogP contribution in [0.25, 0.3) is 0 Å². The molecule has 0 N–H and O–H groups in total. The highest BCUT2D eigenvalue weighted by Gasteiger charge is 2.66. The second-order valence-electron chi connectivity index (χ2n) is 26.2. The van der Waals surface area contributed by atoms with Crippen LogP contribution in [0, 0.1) is 88.8 Å². The Morgan fingerprint density at radius 2 is 0.778 bits per heavy atom. The minimum absolute atomic E-state index is 0.0385. The second kappa shape index (κ2) is 26.5. The zero-order chi connectivity index (χ0) is 64.0. The third-order valence-electron chi connectivity index (χ3n) is 20.6. The van der Waals surface area contributed by atoms with Crippen molar-refractivity contribution in [3.05, 3.63) is 73.9 Å². The van der Waals surface area contributed by atoms with E-state index in [2.05, 4.69) is 64.8 Å². The molecule has 0 aromatic carbocycles. The highest BCUT2D eigenvalue weighted by molar-refractivity contribution is 5.90. The number of carbonyl (C=O) groups is 12. The van der Waals surface area contributed by atoms with Gasteiger partial charge in [0.05, 0.1) is 49.4 Å². The van der Waals surface area contributed by atoms with Crippen LogP contribution in [0.4, 0.5) is 0 Å². The number of ether oxygens (including phenoxy) is 12. The third-order valence-corrected chi connectivity index (χ3v) is 20.6. The van der Waals surface area contributed by atoms with Crippen LogP contribution in [0.3, 0.4) is 0 Å². The van der Waals surface area contributed by atoms with Gasteiger partial charge in [-0.2, -0.15) is 0 Å². The Morgan fingerprint density at radius 3 is 1.13 bits per heavy atom. The van der Waals surface area contributed by atoms with E-state index in [0.717, 1.165) is 76.4 Å². The number of fused-ring (bicyclic) bond motifs is 7. The van der Waals surface area contributed by atoms with E-state index in [9.17, 15) is 57.5 Å². The zero-order valence-corrected chi connectivity index (χ0v) is 50.3. The number of esters is 12. The van der Waals surface area contributed by atoms with Gasteiger partial charge in [0.25, 0.3) is 0 Å². The van der Waals surface area contributed by atoms with E-state index in [1.54, 1.807) is 6.92 Å². The maximum Gasteiger partial charge on any atom is 0.347 e. The van der Waals surface area contributed by atoms with Gasteiger partial charge < -0.3 is 56.8 Å². The van der Waals surface area contributed by atoms with E-state index < -0.39 is 54.1 Å². The van der Waals surface area contributed by atoms with Crippen LogP contribution in [-0.2, 0) is 114 Å². The van der Waals surface area contributed by atoms with Crippen molar-refractivity contribution >= 4 is 71.6 Å². The predicted molar refractivity (Wildman–Crippen MR) is 302 cm³/mol. The van der Waals surface area contributed by atoms with Crippen LogP contribution in [-0.4, -0.2) is 146 Å². The molecule has 24 nitrogen and oxygen atoms in total. The topological polar surface area (TPSA) is 316 Å². The Balaban J connectivity index is 0.000000112. The summed E-state index contributed by atoms with van der Waals surface area (Å²) in [6.07, 6.45) is 18.3. The molecule has 8 saturated carbocycles. The van der Waals surface area contributed by atoms with Gasteiger partial charge in [-0.25, -0.2) is 33.6 Å². The molecular formula is C66H76O24. The highest BCUT2D eigenvalue weighted by Crippen LogP contribution is 2.58. The summed E-state index contributed by atoms with van der Waals surface area (Å²) in [5.41, 5.74) is 0.679. The van der Waals surface area contributed by atoms with Crippen molar-refractivity contribution in [3.8, 4) is 0 Å². The van der Waals surface area contributed by atoms with Gasteiger partial charge in [0, 0.05) is 78.1 Å². The van der Waals surface area contributed by atoms with Crippen molar-refractivity contribution in [2.45, 2.75) is 152 Å². The Morgan fingerprint density at radius 1 is 0.422 bits per heavy atom. The Bertz CT molecular complexity index is 3060. The molecule has 0 aromatic rings. The summed E-state index contributed by atoms with van der Waals surface area (Å²) in [5.74, 6) is 0.0436. The Kier molecular flexibility index (Phi) is 18.7. The molecule has 484 valence electrons. The van der Waals surface area contributed by atoms with Gasteiger partial charge in [0.15, 0.2) is 0 Å². The van der Waals surface area contributed by atoms with E-state index in [-0.39, 0.29) is 119 Å². The smallest absolute Gasteiger partial charge is 0.347 e. The summed E-state index contributed by atoms with van der Waals surface area (Å²) in [4.78, 5) is 136. The van der Waals surface area contributed by atoms with Crippen LogP contribution in [0.1, 0.15) is 97.3 Å². The summed E-state index contributed by atoms with van der Waals surface area (Å²) in [5, 5.41) is 0. The number of hydrogen-bond acceptors (Lipinski definition) is 24. The predicted octanol–water partition coefficient (Wildman–Crippen LogP) is 4.92. The highest BCUT2D eigenvalue weighted by atomic mass is 16.6. The SMILES string of the molecule is C=C(C)C(=O)OC1C2CC3C(=O)OC1C3C2.C=C(C)C(=O)OC1CCOC1=O.C=CC(=O)OC1C2CC3C(=O)OC1C3C2.C=CC(=O)OC1CCOC1=O.O=C(OC1C2CC3C(=O)OC1C3C2)C1CC2C=CC1C2.O=C1OCCC1OC(=O)C1CC2C=CC1C2. The molecule has 6 saturated heterocycles. The lowest BCUT2D eigenvalue weighted by Gasteiger charge is -2.27. The van der Waals surface area contributed by atoms with Gasteiger partial charge in [-0.1, -0.05) is 50.6 Å². The van der Waals surface area contributed by atoms with Crippen molar-refractivity contribution in [1.82, 2.24) is 0 Å². The molecule has 6 heterocycles. The molecule has 16 rings (SSSR count). The fraction of sp³-hybridized carbons (Fsp3) is 0.636. The lowest BCUT2D eigenvalue weighted by atomic mass is 9.87. The number of carbonyl (C=O) groups excluding carboxylic acids is 12.